The normalized spacial score (nSPS) is 11.8. The maximum Gasteiger partial charge on any atom is 0.273 e. The van der Waals surface area contributed by atoms with Crippen molar-refractivity contribution < 1.29 is 9.67 Å². The molecule has 25 heavy (non-hydrogen) atoms. The van der Waals surface area contributed by atoms with E-state index in [2.05, 4.69) is 5.32 Å². The van der Waals surface area contributed by atoms with Gasteiger partial charge in [0.15, 0.2) is 6.20 Å². The van der Waals surface area contributed by atoms with Gasteiger partial charge in [-0.2, -0.15) is 4.57 Å². The minimum Gasteiger partial charge on any atom is -0.508 e. The predicted molar refractivity (Wildman–Crippen MR) is 99.8 cm³/mol. The highest BCUT2D eigenvalue weighted by Crippen LogP contribution is 2.25. The molecule has 0 fully saturated rings. The summed E-state index contributed by atoms with van der Waals surface area (Å²) in [6, 6.07) is 10.8. The molecule has 2 heterocycles. The van der Waals surface area contributed by atoms with Crippen molar-refractivity contribution in [2.45, 2.75) is 0 Å². The topological polar surface area (TPSA) is 58.1 Å². The first-order valence-corrected chi connectivity index (χ1v) is 8.01. The summed E-state index contributed by atoms with van der Waals surface area (Å²) in [5.41, 5.74) is 3.15. The fourth-order valence-corrected chi connectivity index (χ4v) is 3.19. The van der Waals surface area contributed by atoms with E-state index in [1.165, 1.54) is 0 Å². The average Bonchev–Trinajstić information content (AvgIpc) is 2.93. The number of benzene rings is 2. The minimum atomic E-state index is -0.0217. The van der Waals surface area contributed by atoms with Crippen LogP contribution in [0.2, 0.25) is 0 Å². The third kappa shape index (κ3) is 2.50. The predicted octanol–water partition coefficient (Wildman–Crippen LogP) is 2.74. The molecule has 2 aromatic carbocycles. The van der Waals surface area contributed by atoms with E-state index in [-0.39, 0.29) is 11.2 Å². The Morgan fingerprint density at radius 2 is 1.96 bits per heavy atom. The first kappa shape index (κ1) is 15.2. The van der Waals surface area contributed by atoms with Gasteiger partial charge in [-0.15, -0.1) is 0 Å². The molecule has 2 N–H and O–H groups in total. The zero-order valence-corrected chi connectivity index (χ0v) is 14.0. The number of phenolic OH excluding ortho intramolecular Hbond substituents is 1. The number of pyridine rings is 1. The Morgan fingerprint density at radius 3 is 2.72 bits per heavy atom. The molecule has 0 aliphatic heterocycles. The van der Waals surface area contributed by atoms with Gasteiger partial charge in [0, 0.05) is 19.4 Å². The maximum atomic E-state index is 12.9. The van der Waals surface area contributed by atoms with Gasteiger partial charge >= 0.3 is 0 Å². The van der Waals surface area contributed by atoms with Crippen LogP contribution in [-0.4, -0.2) is 9.67 Å². The number of nitrogens with zero attached hydrogens (tertiary/aromatic N) is 2. The molecule has 0 aliphatic carbocycles. The van der Waals surface area contributed by atoms with E-state index in [4.69, 9.17) is 0 Å². The summed E-state index contributed by atoms with van der Waals surface area (Å²) >= 11 is 0. The highest BCUT2D eigenvalue weighted by molar-refractivity contribution is 6.07. The van der Waals surface area contributed by atoms with Gasteiger partial charge in [0.05, 0.1) is 22.0 Å². The molecule has 0 saturated carbocycles. The zero-order chi connectivity index (χ0) is 17.6. The third-order valence-corrected chi connectivity index (χ3v) is 4.47. The average molecular weight is 332 g/mol. The number of aromatic hydroxyl groups is 1. The van der Waals surface area contributed by atoms with Gasteiger partial charge in [0.2, 0.25) is 0 Å². The van der Waals surface area contributed by atoms with Gasteiger partial charge in [0.25, 0.3) is 10.9 Å². The second-order valence-corrected chi connectivity index (χ2v) is 6.19. The summed E-state index contributed by atoms with van der Waals surface area (Å²) in [7, 11) is 3.87. The van der Waals surface area contributed by atoms with Crippen molar-refractivity contribution in [3.8, 4) is 5.75 Å². The Morgan fingerprint density at radius 1 is 1.20 bits per heavy atom. The number of nitrogens with one attached hydrogen (secondary N) is 1. The lowest BCUT2D eigenvalue weighted by atomic mass is 10.1. The van der Waals surface area contributed by atoms with Crippen LogP contribution in [0, 0.1) is 0 Å². The fraction of sp³-hybridized carbons (Fsp3) is 0.100. The summed E-state index contributed by atoms with van der Waals surface area (Å²) in [6.07, 6.45) is 7.58. The Hall–Kier alpha value is -3.34. The molecule has 124 valence electrons. The second-order valence-electron chi connectivity index (χ2n) is 6.19. The molecule has 0 unspecified atom stereocenters. The number of anilines is 1. The largest absolute Gasteiger partial charge is 0.508 e. The molecule has 0 aliphatic rings. The molecular formula is C20H18N3O2+. The number of phenols is 1. The smallest absolute Gasteiger partial charge is 0.273 e. The van der Waals surface area contributed by atoms with Crippen molar-refractivity contribution in [1.29, 1.82) is 0 Å². The van der Waals surface area contributed by atoms with Crippen molar-refractivity contribution in [2.75, 3.05) is 5.32 Å². The van der Waals surface area contributed by atoms with E-state index < -0.39 is 0 Å². The molecule has 0 amide bonds. The number of aryl methyl sites for hydroxylation is 2. The molecule has 4 aromatic rings. The molecule has 2 aromatic heterocycles. The molecular weight excluding hydrogens is 314 g/mol. The Kier molecular flexibility index (Phi) is 3.42. The van der Waals surface area contributed by atoms with E-state index in [1.807, 2.05) is 53.8 Å². The lowest BCUT2D eigenvalue weighted by molar-refractivity contribution is -0.642. The SMILES string of the molecule is Cn1ccc2c[n+](C)c3c(=O)c(N/C=C/c4ccc(O)cc4)cc1c23. The lowest BCUT2D eigenvalue weighted by Crippen LogP contribution is -2.30. The van der Waals surface area contributed by atoms with Gasteiger partial charge in [-0.25, -0.2) is 0 Å². The number of aromatic nitrogens is 2. The van der Waals surface area contributed by atoms with Crippen LogP contribution in [0.3, 0.4) is 0 Å². The summed E-state index contributed by atoms with van der Waals surface area (Å²) in [6.45, 7) is 0. The van der Waals surface area contributed by atoms with Crippen LogP contribution >= 0.6 is 0 Å². The summed E-state index contributed by atoms with van der Waals surface area (Å²) in [5, 5.41) is 14.5. The van der Waals surface area contributed by atoms with Crippen LogP contribution < -0.4 is 15.3 Å². The molecule has 5 nitrogen and oxygen atoms in total. The molecule has 0 bridgehead atoms. The number of hydrogen-bond acceptors (Lipinski definition) is 3. The van der Waals surface area contributed by atoms with E-state index in [9.17, 15) is 9.90 Å². The molecule has 5 heteroatoms. The van der Waals surface area contributed by atoms with Crippen LogP contribution in [-0.2, 0) is 14.1 Å². The van der Waals surface area contributed by atoms with Crippen molar-refractivity contribution in [3.63, 3.8) is 0 Å². The highest BCUT2D eigenvalue weighted by atomic mass is 16.3. The van der Waals surface area contributed by atoms with E-state index in [0.29, 0.717) is 11.2 Å². The van der Waals surface area contributed by atoms with Crippen LogP contribution in [0.4, 0.5) is 5.69 Å². The van der Waals surface area contributed by atoms with Gasteiger partial charge < -0.3 is 15.0 Å². The molecule has 4 rings (SSSR count). The molecule has 0 spiro atoms. The fourth-order valence-electron chi connectivity index (χ4n) is 3.19. The Labute approximate surface area is 144 Å². The minimum absolute atomic E-state index is 0.0217. The van der Waals surface area contributed by atoms with Gasteiger partial charge in [-0.3, -0.25) is 4.79 Å². The van der Waals surface area contributed by atoms with Crippen LogP contribution in [0.1, 0.15) is 5.56 Å². The van der Waals surface area contributed by atoms with Crippen LogP contribution in [0.5, 0.6) is 5.75 Å². The number of hydrogen-bond donors (Lipinski definition) is 2. The monoisotopic (exact) mass is 332 g/mol. The Balaban J connectivity index is 1.78. The van der Waals surface area contributed by atoms with E-state index >= 15 is 0 Å². The summed E-state index contributed by atoms with van der Waals surface area (Å²) < 4.78 is 3.90. The van der Waals surface area contributed by atoms with Gasteiger partial charge in [0.1, 0.15) is 12.8 Å². The van der Waals surface area contributed by atoms with Crippen LogP contribution in [0.15, 0.2) is 59.8 Å². The van der Waals surface area contributed by atoms with Crippen molar-refractivity contribution in [1.82, 2.24) is 4.57 Å². The summed E-state index contributed by atoms with van der Waals surface area (Å²) in [4.78, 5) is 12.9. The third-order valence-electron chi connectivity index (χ3n) is 4.47. The highest BCUT2D eigenvalue weighted by Gasteiger charge is 2.21. The van der Waals surface area contributed by atoms with Crippen molar-refractivity contribution in [3.05, 3.63) is 70.8 Å². The molecule has 0 radical (unpaired) electrons. The Bertz CT molecular complexity index is 1160. The van der Waals surface area contributed by atoms with Crippen molar-refractivity contribution >= 4 is 33.6 Å². The lowest BCUT2D eigenvalue weighted by Gasteiger charge is -2.06. The first-order chi connectivity index (χ1) is 12.0. The zero-order valence-electron chi connectivity index (χ0n) is 14.0. The standard InChI is InChI=1S/C20H17N3O2/c1-22-10-8-14-12-23(2)19-18(14)17(22)11-16(20(19)25)21-9-7-13-3-5-15(24)6-4-13/h3-12H,1-2H3,(H,24,25)/p+1. The summed E-state index contributed by atoms with van der Waals surface area (Å²) in [5.74, 6) is 0.229. The van der Waals surface area contributed by atoms with Crippen molar-refractivity contribution in [2.24, 2.45) is 14.1 Å². The second kappa shape index (κ2) is 5.63. The van der Waals surface area contributed by atoms with Gasteiger partial charge in [-0.1, -0.05) is 12.1 Å². The van der Waals surface area contributed by atoms with E-state index in [0.717, 1.165) is 21.9 Å². The first-order valence-electron chi connectivity index (χ1n) is 8.01. The maximum absolute atomic E-state index is 12.9. The van der Waals surface area contributed by atoms with E-state index in [1.54, 1.807) is 30.5 Å². The quantitative estimate of drug-likeness (QED) is 0.567. The molecule has 0 saturated heterocycles. The van der Waals surface area contributed by atoms with Crippen LogP contribution in [0.25, 0.3) is 27.9 Å². The number of rotatable bonds is 3. The molecule has 0 atom stereocenters. The van der Waals surface area contributed by atoms with Gasteiger partial charge in [-0.05, 0) is 35.9 Å².